The maximum absolute atomic E-state index is 4.24. The summed E-state index contributed by atoms with van der Waals surface area (Å²) in [4.78, 5) is 0. The highest BCUT2D eigenvalue weighted by Crippen LogP contribution is 2.30. The Morgan fingerprint density at radius 3 is 2.62 bits per heavy atom. The number of fused-ring (bicyclic) bond motifs is 1. The summed E-state index contributed by atoms with van der Waals surface area (Å²) < 4.78 is 2.01. The van der Waals surface area contributed by atoms with Gasteiger partial charge in [-0.05, 0) is 6.07 Å². The predicted octanol–water partition coefficient (Wildman–Crippen LogP) is 2.59. The van der Waals surface area contributed by atoms with Crippen molar-refractivity contribution in [2.24, 2.45) is 7.05 Å². The molecule has 78 valence electrons. The summed E-state index contributed by atoms with van der Waals surface area (Å²) in [5, 5.41) is 8.42. The number of pyridine rings is 1. The normalized spacial score (nSPS) is 10.8. The van der Waals surface area contributed by atoms with E-state index in [0.29, 0.717) is 0 Å². The molecule has 0 unspecified atom stereocenters. The molecule has 0 aliphatic carbocycles. The van der Waals surface area contributed by atoms with Crippen LogP contribution in [0, 0.1) is 0 Å². The van der Waals surface area contributed by atoms with Gasteiger partial charge in [0.2, 0.25) is 0 Å². The van der Waals surface area contributed by atoms with E-state index in [4.69, 9.17) is 0 Å². The van der Waals surface area contributed by atoms with Crippen molar-refractivity contribution >= 4 is 0 Å². The van der Waals surface area contributed by atoms with E-state index in [-0.39, 0.29) is 0 Å². The minimum atomic E-state index is 0.942. The molecule has 3 nitrogen and oxygen atoms in total. The summed E-state index contributed by atoms with van der Waals surface area (Å²) in [6.45, 7) is 0. The van der Waals surface area contributed by atoms with Crippen LogP contribution < -0.4 is 0 Å². The summed E-state index contributed by atoms with van der Waals surface area (Å²) in [6, 6.07) is 12.1. The van der Waals surface area contributed by atoms with Crippen molar-refractivity contribution in [2.45, 2.75) is 0 Å². The van der Waals surface area contributed by atoms with Crippen molar-refractivity contribution in [3.8, 4) is 22.5 Å². The molecule has 0 saturated heterocycles. The van der Waals surface area contributed by atoms with Crippen molar-refractivity contribution < 1.29 is 0 Å². The van der Waals surface area contributed by atoms with Crippen molar-refractivity contribution in [1.29, 1.82) is 0 Å². The summed E-state index contributed by atoms with van der Waals surface area (Å²) in [5.74, 6) is 0. The Bertz CT molecular complexity index is 584. The average molecular weight is 209 g/mol. The number of aryl methyl sites for hydroxylation is 1. The molecular weight excluding hydrogens is 198 g/mol. The van der Waals surface area contributed by atoms with Gasteiger partial charge in [0.25, 0.3) is 0 Å². The van der Waals surface area contributed by atoms with E-state index < -0.39 is 0 Å². The average Bonchev–Trinajstić information content (AvgIpc) is 2.73. The summed E-state index contributed by atoms with van der Waals surface area (Å²) in [5.41, 5.74) is 4.09. The van der Waals surface area contributed by atoms with Crippen molar-refractivity contribution in [1.82, 2.24) is 14.8 Å². The van der Waals surface area contributed by atoms with E-state index in [1.54, 1.807) is 0 Å². The Kier molecular flexibility index (Phi) is 1.96. The van der Waals surface area contributed by atoms with Crippen LogP contribution in [0.15, 0.2) is 48.8 Å². The van der Waals surface area contributed by atoms with Gasteiger partial charge in [0.1, 0.15) is 5.69 Å². The van der Waals surface area contributed by atoms with Crippen LogP contribution in [-0.2, 0) is 7.05 Å². The third-order valence-electron chi connectivity index (χ3n) is 2.64. The third-order valence-corrected chi connectivity index (χ3v) is 2.64. The van der Waals surface area contributed by atoms with Crippen LogP contribution in [-0.4, -0.2) is 14.8 Å². The van der Waals surface area contributed by atoms with Crippen molar-refractivity contribution in [3.63, 3.8) is 0 Å². The zero-order valence-electron chi connectivity index (χ0n) is 8.96. The molecule has 3 heteroatoms. The molecule has 2 aliphatic heterocycles. The number of hydrogen-bond donors (Lipinski definition) is 0. The lowest BCUT2D eigenvalue weighted by Crippen LogP contribution is -1.90. The Labute approximate surface area is 93.7 Å². The molecular formula is C13H11N3. The van der Waals surface area contributed by atoms with Crippen LogP contribution in [0.1, 0.15) is 0 Å². The Morgan fingerprint density at radius 1 is 1.00 bits per heavy atom. The molecule has 2 aliphatic rings. The van der Waals surface area contributed by atoms with Gasteiger partial charge < -0.3 is 4.57 Å². The van der Waals surface area contributed by atoms with Crippen molar-refractivity contribution in [2.75, 3.05) is 0 Å². The Balaban J connectivity index is 2.23. The minimum absolute atomic E-state index is 0.942. The zero-order valence-corrected chi connectivity index (χ0v) is 8.96. The number of hydrogen-bond acceptors (Lipinski definition) is 2. The van der Waals surface area contributed by atoms with E-state index in [0.717, 1.165) is 22.5 Å². The standard InChI is InChI=1S/C13H11N3/c1-16-8-7-12-11(9-16)13(15-14-12)10-5-3-2-4-6-10/h2-9H,1H3. The first-order valence-electron chi connectivity index (χ1n) is 5.18. The second kappa shape index (κ2) is 3.45. The maximum atomic E-state index is 4.24. The minimum Gasteiger partial charge on any atom is -0.356 e. The molecule has 0 N–H and O–H groups in total. The lowest BCUT2D eigenvalue weighted by Gasteiger charge is -2.03. The molecule has 0 aromatic heterocycles. The number of rotatable bonds is 1. The van der Waals surface area contributed by atoms with Crippen LogP contribution in [0.25, 0.3) is 22.5 Å². The summed E-state index contributed by atoms with van der Waals surface area (Å²) >= 11 is 0. The van der Waals surface area contributed by atoms with Gasteiger partial charge in [0.05, 0.1) is 5.69 Å². The first-order chi connectivity index (χ1) is 7.84. The Morgan fingerprint density at radius 2 is 1.81 bits per heavy atom. The predicted molar refractivity (Wildman–Crippen MR) is 63.1 cm³/mol. The molecule has 3 rings (SSSR count). The second-order valence-electron chi connectivity index (χ2n) is 3.82. The van der Waals surface area contributed by atoms with Gasteiger partial charge in [-0.25, -0.2) is 0 Å². The van der Waals surface area contributed by atoms with E-state index in [1.165, 1.54) is 0 Å². The van der Waals surface area contributed by atoms with E-state index in [9.17, 15) is 0 Å². The van der Waals surface area contributed by atoms with Gasteiger partial charge in [-0.15, -0.1) is 10.2 Å². The monoisotopic (exact) mass is 209 g/mol. The highest BCUT2D eigenvalue weighted by atomic mass is 15.1. The van der Waals surface area contributed by atoms with Crippen LogP contribution >= 0.6 is 0 Å². The van der Waals surface area contributed by atoms with E-state index >= 15 is 0 Å². The van der Waals surface area contributed by atoms with Gasteiger partial charge in [-0.2, -0.15) is 0 Å². The third kappa shape index (κ3) is 1.37. The number of benzene rings is 1. The highest BCUT2D eigenvalue weighted by molar-refractivity contribution is 5.79. The zero-order chi connectivity index (χ0) is 11.0. The molecule has 0 atom stereocenters. The van der Waals surface area contributed by atoms with Gasteiger partial charge >= 0.3 is 0 Å². The smallest absolute Gasteiger partial charge is 0.104 e. The maximum Gasteiger partial charge on any atom is 0.104 e. The largest absolute Gasteiger partial charge is 0.356 e. The number of nitrogens with zero attached hydrogens (tertiary/aromatic N) is 3. The fourth-order valence-corrected chi connectivity index (χ4v) is 1.83. The molecule has 0 bridgehead atoms. The summed E-state index contributed by atoms with van der Waals surface area (Å²) in [7, 11) is 2.00. The van der Waals surface area contributed by atoms with Gasteiger partial charge in [-0.1, -0.05) is 30.3 Å². The van der Waals surface area contributed by atoms with Crippen LogP contribution in [0.5, 0.6) is 0 Å². The molecule has 0 fully saturated rings. The van der Waals surface area contributed by atoms with Gasteiger partial charge in [0.15, 0.2) is 0 Å². The van der Waals surface area contributed by atoms with Crippen LogP contribution in [0.4, 0.5) is 0 Å². The van der Waals surface area contributed by atoms with E-state index in [1.807, 2.05) is 42.1 Å². The molecule has 1 aromatic carbocycles. The molecule has 0 amide bonds. The SMILES string of the molecule is Cn1ccc2nnc(-c3ccccc3)c-2c1. The van der Waals surface area contributed by atoms with Gasteiger partial charge in [-0.3, -0.25) is 0 Å². The molecule has 16 heavy (non-hydrogen) atoms. The first kappa shape index (κ1) is 9.09. The molecule has 1 aromatic rings. The first-order valence-corrected chi connectivity index (χ1v) is 5.18. The highest BCUT2D eigenvalue weighted by Gasteiger charge is 2.14. The van der Waals surface area contributed by atoms with Crippen LogP contribution in [0.3, 0.4) is 0 Å². The van der Waals surface area contributed by atoms with Crippen molar-refractivity contribution in [3.05, 3.63) is 48.8 Å². The van der Waals surface area contributed by atoms with E-state index in [2.05, 4.69) is 28.5 Å². The van der Waals surface area contributed by atoms with Crippen LogP contribution in [0.2, 0.25) is 0 Å². The second-order valence-corrected chi connectivity index (χ2v) is 3.82. The topological polar surface area (TPSA) is 30.7 Å². The Hall–Kier alpha value is -2.16. The molecule has 0 spiro atoms. The summed E-state index contributed by atoms with van der Waals surface area (Å²) in [6.07, 6.45) is 4.03. The molecule has 2 heterocycles. The lowest BCUT2D eigenvalue weighted by molar-refractivity contribution is 0.904. The molecule has 0 saturated carbocycles. The quantitative estimate of drug-likeness (QED) is 0.616. The lowest BCUT2D eigenvalue weighted by atomic mass is 10.1. The number of aromatic nitrogens is 3. The fourth-order valence-electron chi connectivity index (χ4n) is 1.83. The fraction of sp³-hybridized carbons (Fsp3) is 0.0769. The molecule has 0 radical (unpaired) electrons. The van der Waals surface area contributed by atoms with Gasteiger partial charge in [0, 0.05) is 30.6 Å².